The summed E-state index contributed by atoms with van der Waals surface area (Å²) in [6.07, 6.45) is -0.263. The maximum Gasteiger partial charge on any atom is 0.145 e. The topological polar surface area (TPSA) is 35.2 Å². The lowest BCUT2D eigenvalue weighted by atomic mass is 10.3. The van der Waals surface area contributed by atoms with E-state index in [1.807, 2.05) is 12.1 Å². The Labute approximate surface area is 124 Å². The molecule has 0 fully saturated rings. The van der Waals surface area contributed by atoms with Gasteiger partial charge >= 0.3 is 0 Å². The highest BCUT2D eigenvalue weighted by molar-refractivity contribution is 7.16. The number of rotatable bonds is 4. The minimum atomic E-state index is -0.263. The minimum absolute atomic E-state index is 0.263. The molecule has 1 heterocycles. The summed E-state index contributed by atoms with van der Waals surface area (Å²) in [6, 6.07) is 8.79. The van der Waals surface area contributed by atoms with Gasteiger partial charge < -0.3 is 10.5 Å². The van der Waals surface area contributed by atoms with Crippen LogP contribution in [0.2, 0.25) is 14.4 Å². The van der Waals surface area contributed by atoms with Gasteiger partial charge in [0.2, 0.25) is 0 Å². The summed E-state index contributed by atoms with van der Waals surface area (Å²) >= 11 is 19.2. The molecule has 1 atom stereocenters. The Balaban J connectivity index is 2.20. The Bertz CT molecular complexity index is 544. The SMILES string of the molecule is NCC(Oc1ccc(Cl)cc1Cl)c1ccc(Cl)s1. The van der Waals surface area contributed by atoms with Crippen molar-refractivity contribution in [1.29, 1.82) is 0 Å². The molecule has 6 heteroatoms. The first-order valence-corrected chi connectivity index (χ1v) is 7.12. The third-order valence-electron chi connectivity index (χ3n) is 2.29. The van der Waals surface area contributed by atoms with Crippen LogP contribution in [0.5, 0.6) is 5.75 Å². The van der Waals surface area contributed by atoms with Crippen molar-refractivity contribution < 1.29 is 4.74 Å². The van der Waals surface area contributed by atoms with Crippen molar-refractivity contribution in [2.45, 2.75) is 6.10 Å². The molecule has 0 aliphatic rings. The molecular weight excluding hydrogens is 313 g/mol. The Hall–Kier alpha value is -0.450. The van der Waals surface area contributed by atoms with Crippen LogP contribution in [0.4, 0.5) is 0 Å². The van der Waals surface area contributed by atoms with E-state index in [0.29, 0.717) is 26.7 Å². The number of ether oxygens (including phenoxy) is 1. The third kappa shape index (κ3) is 3.31. The molecule has 0 saturated heterocycles. The number of hydrogen-bond acceptors (Lipinski definition) is 3. The minimum Gasteiger partial charge on any atom is -0.482 e. The summed E-state index contributed by atoms with van der Waals surface area (Å²) < 4.78 is 6.49. The smallest absolute Gasteiger partial charge is 0.145 e. The van der Waals surface area contributed by atoms with E-state index in [-0.39, 0.29) is 6.10 Å². The van der Waals surface area contributed by atoms with E-state index in [9.17, 15) is 0 Å². The predicted molar refractivity (Wildman–Crippen MR) is 78.2 cm³/mol. The lowest BCUT2D eigenvalue weighted by Crippen LogP contribution is -2.17. The van der Waals surface area contributed by atoms with Crippen LogP contribution in [0.25, 0.3) is 0 Å². The molecule has 1 unspecified atom stereocenters. The second kappa shape index (κ2) is 6.13. The van der Waals surface area contributed by atoms with E-state index in [1.54, 1.807) is 18.2 Å². The van der Waals surface area contributed by atoms with Crippen LogP contribution in [-0.2, 0) is 0 Å². The average Bonchev–Trinajstić information content (AvgIpc) is 2.75. The Morgan fingerprint density at radius 1 is 1.17 bits per heavy atom. The van der Waals surface area contributed by atoms with Crippen LogP contribution < -0.4 is 10.5 Å². The van der Waals surface area contributed by atoms with Crippen molar-refractivity contribution >= 4 is 46.1 Å². The maximum absolute atomic E-state index is 6.05. The van der Waals surface area contributed by atoms with Gasteiger partial charge in [-0.1, -0.05) is 34.8 Å². The van der Waals surface area contributed by atoms with Crippen molar-refractivity contribution in [3.8, 4) is 5.75 Å². The highest BCUT2D eigenvalue weighted by atomic mass is 35.5. The van der Waals surface area contributed by atoms with Gasteiger partial charge in [0, 0.05) is 16.4 Å². The molecule has 2 N–H and O–H groups in total. The van der Waals surface area contributed by atoms with E-state index in [0.717, 1.165) is 4.88 Å². The molecule has 0 amide bonds. The number of nitrogens with two attached hydrogens (primary N) is 1. The molecule has 0 radical (unpaired) electrons. The molecule has 0 spiro atoms. The van der Waals surface area contributed by atoms with Crippen molar-refractivity contribution in [1.82, 2.24) is 0 Å². The van der Waals surface area contributed by atoms with Crippen LogP contribution >= 0.6 is 46.1 Å². The molecule has 2 nitrogen and oxygen atoms in total. The fraction of sp³-hybridized carbons (Fsp3) is 0.167. The Morgan fingerprint density at radius 2 is 1.94 bits per heavy atom. The van der Waals surface area contributed by atoms with Crippen molar-refractivity contribution in [3.63, 3.8) is 0 Å². The van der Waals surface area contributed by atoms with E-state index >= 15 is 0 Å². The Kier molecular flexibility index (Phi) is 4.76. The zero-order valence-electron chi connectivity index (χ0n) is 9.20. The van der Waals surface area contributed by atoms with Crippen LogP contribution in [0, 0.1) is 0 Å². The molecule has 0 aliphatic carbocycles. The van der Waals surface area contributed by atoms with Gasteiger partial charge in [-0.25, -0.2) is 0 Å². The monoisotopic (exact) mass is 321 g/mol. The van der Waals surface area contributed by atoms with Gasteiger partial charge in [-0.05, 0) is 30.3 Å². The van der Waals surface area contributed by atoms with Gasteiger partial charge in [0.25, 0.3) is 0 Å². The molecule has 2 aromatic rings. The number of halogens is 3. The lowest BCUT2D eigenvalue weighted by molar-refractivity contribution is 0.218. The molecule has 1 aromatic carbocycles. The standard InChI is InChI=1S/C12H10Cl3NOS/c13-7-1-2-9(8(14)5-7)17-10(6-16)11-3-4-12(15)18-11/h1-5,10H,6,16H2. The Morgan fingerprint density at radius 3 is 2.50 bits per heavy atom. The summed E-state index contributed by atoms with van der Waals surface area (Å²) in [7, 11) is 0. The number of benzene rings is 1. The van der Waals surface area contributed by atoms with Gasteiger partial charge in [0.1, 0.15) is 11.9 Å². The maximum atomic E-state index is 6.05. The zero-order valence-corrected chi connectivity index (χ0v) is 12.3. The highest BCUT2D eigenvalue weighted by Crippen LogP contribution is 2.34. The van der Waals surface area contributed by atoms with Crippen molar-refractivity contribution in [3.05, 3.63) is 49.6 Å². The van der Waals surface area contributed by atoms with Gasteiger partial charge in [-0.15, -0.1) is 11.3 Å². The predicted octanol–water partition coefficient (Wildman–Crippen LogP) is 4.79. The first-order valence-electron chi connectivity index (χ1n) is 5.17. The van der Waals surface area contributed by atoms with Crippen LogP contribution in [-0.4, -0.2) is 6.54 Å². The van der Waals surface area contributed by atoms with E-state index < -0.39 is 0 Å². The normalized spacial score (nSPS) is 12.4. The molecule has 2 rings (SSSR count). The van der Waals surface area contributed by atoms with Crippen LogP contribution in [0.15, 0.2) is 30.3 Å². The molecule has 0 aliphatic heterocycles. The second-order valence-corrected chi connectivity index (χ2v) is 6.15. The molecule has 1 aromatic heterocycles. The summed E-state index contributed by atoms with van der Waals surface area (Å²) in [5, 5.41) is 1.03. The summed E-state index contributed by atoms with van der Waals surface area (Å²) in [4.78, 5) is 0.966. The number of thiophene rings is 1. The molecular formula is C12H10Cl3NOS. The van der Waals surface area contributed by atoms with E-state index in [1.165, 1.54) is 11.3 Å². The molecule has 18 heavy (non-hydrogen) atoms. The first-order chi connectivity index (χ1) is 8.60. The number of hydrogen-bond donors (Lipinski definition) is 1. The van der Waals surface area contributed by atoms with Crippen LogP contribution in [0.3, 0.4) is 0 Å². The molecule has 0 saturated carbocycles. The van der Waals surface area contributed by atoms with Crippen molar-refractivity contribution in [2.75, 3.05) is 6.54 Å². The summed E-state index contributed by atoms with van der Waals surface area (Å²) in [5.74, 6) is 0.557. The summed E-state index contributed by atoms with van der Waals surface area (Å²) in [5.41, 5.74) is 5.71. The fourth-order valence-electron chi connectivity index (χ4n) is 1.45. The van der Waals surface area contributed by atoms with Crippen LogP contribution in [0.1, 0.15) is 11.0 Å². The van der Waals surface area contributed by atoms with Gasteiger partial charge in [0.05, 0.1) is 9.36 Å². The van der Waals surface area contributed by atoms with Gasteiger partial charge in [-0.2, -0.15) is 0 Å². The lowest BCUT2D eigenvalue weighted by Gasteiger charge is -2.17. The summed E-state index contributed by atoms with van der Waals surface area (Å²) in [6.45, 7) is 0.343. The van der Waals surface area contributed by atoms with Gasteiger partial charge in [-0.3, -0.25) is 0 Å². The molecule has 0 bridgehead atoms. The third-order valence-corrected chi connectivity index (χ3v) is 4.14. The van der Waals surface area contributed by atoms with Crippen molar-refractivity contribution in [2.24, 2.45) is 5.73 Å². The van der Waals surface area contributed by atoms with Gasteiger partial charge in [0.15, 0.2) is 0 Å². The fourth-order valence-corrected chi connectivity index (χ4v) is 3.00. The zero-order chi connectivity index (χ0) is 13.1. The second-order valence-electron chi connectivity index (χ2n) is 3.56. The largest absolute Gasteiger partial charge is 0.482 e. The quantitative estimate of drug-likeness (QED) is 0.878. The molecule has 96 valence electrons. The van der Waals surface area contributed by atoms with E-state index in [4.69, 9.17) is 45.3 Å². The average molecular weight is 323 g/mol. The first kappa shape index (κ1) is 14.0. The van der Waals surface area contributed by atoms with E-state index in [2.05, 4.69) is 0 Å². The highest BCUT2D eigenvalue weighted by Gasteiger charge is 2.15.